The Hall–Kier alpha value is -2.14. The van der Waals surface area contributed by atoms with Crippen molar-refractivity contribution in [1.29, 1.82) is 0 Å². The molecule has 2 amide bonds. The van der Waals surface area contributed by atoms with Gasteiger partial charge in [0.05, 0.1) is 64.9 Å². The molecular formula is C85H168N4O18P2-2. The van der Waals surface area contributed by atoms with Crippen molar-refractivity contribution >= 4 is 39.4 Å². The van der Waals surface area contributed by atoms with Crippen LogP contribution in [0.2, 0.25) is 0 Å². The maximum atomic E-state index is 13.1. The number of aliphatic hydroxyl groups is 2. The summed E-state index contributed by atoms with van der Waals surface area (Å²) in [4.78, 5) is 77.7. The molecule has 0 saturated heterocycles. The molecule has 22 nitrogen and oxygen atoms in total. The van der Waals surface area contributed by atoms with Gasteiger partial charge in [-0.25, -0.2) is 0 Å². The lowest BCUT2D eigenvalue weighted by molar-refractivity contribution is -0.227. The van der Waals surface area contributed by atoms with Crippen LogP contribution in [0.25, 0.3) is 0 Å². The minimum atomic E-state index is -4.95. The predicted octanol–water partition coefficient (Wildman–Crippen LogP) is 19.8. The van der Waals surface area contributed by atoms with Crippen molar-refractivity contribution in [2.24, 2.45) is 0 Å². The van der Waals surface area contributed by atoms with Gasteiger partial charge in [0, 0.05) is 38.8 Å². The van der Waals surface area contributed by atoms with E-state index in [1.54, 1.807) is 0 Å². The third-order valence-corrected chi connectivity index (χ3v) is 22.1. The number of hydrogen-bond acceptors (Lipinski definition) is 20. The summed E-state index contributed by atoms with van der Waals surface area (Å²) in [7, 11) is -9.90. The fourth-order valence-electron chi connectivity index (χ4n) is 13.4. The van der Waals surface area contributed by atoms with Crippen molar-refractivity contribution in [3.8, 4) is 0 Å². The zero-order valence-electron chi connectivity index (χ0n) is 70.6. The molecular weight excluding hydrogens is 1430 g/mol. The van der Waals surface area contributed by atoms with Crippen LogP contribution in [0.5, 0.6) is 0 Å². The summed E-state index contributed by atoms with van der Waals surface area (Å²) in [6.45, 7) is 11.2. The Labute approximate surface area is 665 Å². The average Bonchev–Trinajstić information content (AvgIpc) is 0.927. The van der Waals surface area contributed by atoms with E-state index in [1.165, 1.54) is 167 Å². The zero-order valence-corrected chi connectivity index (χ0v) is 72.4. The first kappa shape index (κ1) is 107. The Morgan fingerprint density at radius 3 is 0.835 bits per heavy atom. The summed E-state index contributed by atoms with van der Waals surface area (Å²) < 4.78 is 71.0. The van der Waals surface area contributed by atoms with E-state index in [-0.39, 0.29) is 63.7 Å². The molecule has 0 rings (SSSR count). The Bertz CT molecular complexity index is 1990. The fraction of sp³-hybridized carbons (Fsp3) is 0.953. The number of nitrogens with one attached hydrogen (secondary N) is 4. The number of carbonyl (C=O) groups is 4. The van der Waals surface area contributed by atoms with Gasteiger partial charge in [-0.1, -0.05) is 324 Å². The molecule has 0 bridgehead atoms. The first-order chi connectivity index (χ1) is 52.9. The number of unbranched alkanes of at least 4 members (excludes halogenated alkanes) is 44. The van der Waals surface area contributed by atoms with E-state index < -0.39 is 84.8 Å². The first-order valence-corrected chi connectivity index (χ1v) is 48.0. The number of amides is 2. The molecule has 8 unspecified atom stereocenters. The van der Waals surface area contributed by atoms with E-state index >= 15 is 0 Å². The normalized spacial score (nSPS) is 14.6. The van der Waals surface area contributed by atoms with Gasteiger partial charge in [-0.15, -0.1) is 0 Å². The molecule has 0 radical (unpaired) electrons. The van der Waals surface area contributed by atoms with Crippen LogP contribution in [0.3, 0.4) is 0 Å². The van der Waals surface area contributed by atoms with Crippen molar-refractivity contribution in [2.45, 2.75) is 457 Å². The maximum Gasteiger partial charge on any atom is 0.306 e. The number of carbonyl (C=O) groups excluding carboxylic acids is 4. The molecule has 0 aromatic heterocycles. The lowest BCUT2D eigenvalue weighted by Gasteiger charge is -2.28. The highest BCUT2D eigenvalue weighted by Gasteiger charge is 2.23. The quantitative estimate of drug-likeness (QED) is 0.0108. The summed E-state index contributed by atoms with van der Waals surface area (Å²) in [5, 5.41) is 33.2. The lowest BCUT2D eigenvalue weighted by atomic mass is 10.0. The second-order valence-electron chi connectivity index (χ2n) is 30.9. The zero-order chi connectivity index (χ0) is 80.0. The smallest absolute Gasteiger partial charge is 0.306 e. The highest BCUT2D eigenvalue weighted by atomic mass is 31.2. The lowest BCUT2D eigenvalue weighted by Crippen LogP contribution is -2.44. The third kappa shape index (κ3) is 76.9. The number of hydrogen-bond donors (Lipinski definition) is 6. The first-order valence-electron chi connectivity index (χ1n) is 45.1. The van der Waals surface area contributed by atoms with Crippen LogP contribution < -0.4 is 31.1 Å². The van der Waals surface area contributed by atoms with Crippen LogP contribution >= 0.6 is 15.6 Å². The van der Waals surface area contributed by atoms with Crippen molar-refractivity contribution in [3.63, 3.8) is 0 Å². The molecule has 24 heteroatoms. The summed E-state index contributed by atoms with van der Waals surface area (Å²) in [5.74, 6) is -1.90. The van der Waals surface area contributed by atoms with Gasteiger partial charge in [0.2, 0.25) is 11.8 Å². The number of rotatable bonds is 88. The van der Waals surface area contributed by atoms with Crippen LogP contribution in [0.1, 0.15) is 420 Å². The topological polar surface area (TPSA) is 311 Å². The summed E-state index contributed by atoms with van der Waals surface area (Å²) in [6, 6.07) is -1.52. The monoisotopic (exact) mass is 1600 g/mol. The number of phosphoric ester groups is 2. The highest BCUT2D eigenvalue weighted by molar-refractivity contribution is 7.46. The van der Waals surface area contributed by atoms with Crippen molar-refractivity contribution in [3.05, 3.63) is 0 Å². The summed E-state index contributed by atoms with van der Waals surface area (Å²) in [6.07, 6.45) is 57.9. The molecule has 0 heterocycles. The van der Waals surface area contributed by atoms with Crippen LogP contribution in [-0.2, 0) is 65.4 Å². The molecule has 0 aliphatic rings. The van der Waals surface area contributed by atoms with E-state index in [1.807, 2.05) is 0 Å². The Morgan fingerprint density at radius 2 is 0.560 bits per heavy atom. The van der Waals surface area contributed by atoms with Crippen LogP contribution in [0, 0.1) is 0 Å². The van der Waals surface area contributed by atoms with Crippen molar-refractivity contribution in [1.82, 2.24) is 21.3 Å². The average molecular weight is 1600 g/mol. The number of phosphoric acid groups is 2. The van der Waals surface area contributed by atoms with Gasteiger partial charge in [-0.2, -0.15) is 0 Å². The van der Waals surface area contributed by atoms with Crippen molar-refractivity contribution in [2.75, 3.05) is 65.9 Å². The van der Waals surface area contributed by atoms with Gasteiger partial charge in [-0.3, -0.25) is 38.9 Å². The Balaban J connectivity index is 5.51. The fourth-order valence-corrected chi connectivity index (χ4v) is 14.9. The largest absolute Gasteiger partial charge is 0.756 e. The van der Waals surface area contributed by atoms with Gasteiger partial charge in [0.15, 0.2) is 0 Å². The number of esters is 2. The molecule has 109 heavy (non-hydrogen) atoms. The van der Waals surface area contributed by atoms with Gasteiger partial charge in [0.25, 0.3) is 15.6 Å². The minimum absolute atomic E-state index is 0.0123. The SMILES string of the molecule is CCCCCCCCCCCCCC(O)NC(COCCC(CCCCCCC)OC(=O)CCCCCCCCCCC)COP(=O)([O-])OCCNC(=O)CC(=O)NCCOP(=O)([O-])OCC(COCCC(CCCCCCC)OC(=O)CCCCCCCCCCC)NC(O)CCCCCCCCCCCCC. The molecule has 8 atom stereocenters. The molecule has 0 fully saturated rings. The van der Waals surface area contributed by atoms with E-state index in [2.05, 4.69) is 62.8 Å². The molecule has 0 aliphatic heterocycles. The standard InChI is InChI=1S/C85H170N4O18P2/c1-7-13-19-25-29-33-35-39-41-47-53-59-80(90)88-76(72-100-67-63-78(57-51-45-23-17-11-5)106-84(94)61-55-49-43-37-31-27-21-15-9-3)74-104-108(96,97)102-69-65-86-82(92)71-83(93)87-66-70-103-109(98,99)105-75-77(89-81(91)60-54-48-42-40-36-34-30-26-20-14-8-2)73-101-68-64-79(58-52-46-24-18-12-6)107-85(95)62-56-50-44-38-32-28-22-16-10-4/h76-81,88-91H,7-75H2,1-6H3,(H,86,92)(H,87,93)(H,96,97)(H,98,99)/p-2. The van der Waals surface area contributed by atoms with E-state index in [9.17, 15) is 48.3 Å². The molecule has 0 aromatic carbocycles. The Morgan fingerprint density at radius 1 is 0.312 bits per heavy atom. The summed E-state index contributed by atoms with van der Waals surface area (Å²) >= 11 is 0. The molecule has 648 valence electrons. The highest BCUT2D eigenvalue weighted by Crippen LogP contribution is 2.39. The van der Waals surface area contributed by atoms with Gasteiger partial charge < -0.3 is 67.7 Å². The van der Waals surface area contributed by atoms with Crippen LogP contribution in [-0.4, -0.2) is 137 Å². The third-order valence-electron chi connectivity index (χ3n) is 20.2. The molecule has 0 spiro atoms. The molecule has 0 aromatic rings. The van der Waals surface area contributed by atoms with Crippen LogP contribution in [0.4, 0.5) is 0 Å². The predicted molar refractivity (Wildman–Crippen MR) is 439 cm³/mol. The van der Waals surface area contributed by atoms with Gasteiger partial charge in [-0.05, 0) is 64.2 Å². The van der Waals surface area contributed by atoms with E-state index in [0.717, 1.165) is 167 Å². The van der Waals surface area contributed by atoms with Crippen molar-refractivity contribution < 1.29 is 85.4 Å². The van der Waals surface area contributed by atoms with E-state index in [0.29, 0.717) is 38.5 Å². The van der Waals surface area contributed by atoms with Gasteiger partial charge >= 0.3 is 11.9 Å². The van der Waals surface area contributed by atoms with Gasteiger partial charge in [0.1, 0.15) is 31.1 Å². The molecule has 6 N–H and O–H groups in total. The summed E-state index contributed by atoms with van der Waals surface area (Å²) in [5.41, 5.74) is 0. The molecule has 0 saturated carbocycles. The molecule has 0 aliphatic carbocycles. The van der Waals surface area contributed by atoms with E-state index in [4.69, 9.17) is 37.0 Å². The number of ether oxygens (including phenoxy) is 4. The second kappa shape index (κ2) is 79.7. The Kier molecular flexibility index (Phi) is 78.1. The maximum absolute atomic E-state index is 13.1. The minimum Gasteiger partial charge on any atom is -0.756 e. The second-order valence-corrected chi connectivity index (χ2v) is 33.8. The van der Waals surface area contributed by atoms with Crippen LogP contribution in [0.15, 0.2) is 0 Å². The number of aliphatic hydroxyl groups excluding tert-OH is 2.